The molecule has 6 unspecified atom stereocenters. The number of aliphatic hydroxyl groups is 1. The number of benzene rings is 4. The van der Waals surface area contributed by atoms with Gasteiger partial charge in [-0.3, -0.25) is 66.7 Å². The van der Waals surface area contributed by atoms with Gasteiger partial charge in [-0.15, -0.1) is 0 Å². The van der Waals surface area contributed by atoms with Crippen LogP contribution in [-0.2, 0) is 40.8 Å². The van der Waals surface area contributed by atoms with E-state index < -0.39 is 149 Å². The number of imidazole rings is 2. The molecule has 2 aliphatic carbocycles. The zero-order chi connectivity index (χ0) is 81.9. The molecular weight excluding hydrogens is 1530 g/mol. The molecule has 0 radical (unpaired) electrons. The number of hydrogen-bond acceptors (Lipinski definition) is 16. The number of amides is 5. The van der Waals surface area contributed by atoms with Crippen molar-refractivity contribution in [3.8, 4) is 11.8 Å². The predicted octanol–water partition coefficient (Wildman–Crippen LogP) is 11.4. The number of aryl methyl sites for hydroxylation is 2. The number of likely N-dealkylation sites (tertiary alicyclic amines) is 1. The van der Waals surface area contributed by atoms with E-state index in [4.69, 9.17) is 14.9 Å². The van der Waals surface area contributed by atoms with Gasteiger partial charge in [0.05, 0.1) is 88.2 Å². The lowest BCUT2D eigenvalue weighted by atomic mass is 9.63. The van der Waals surface area contributed by atoms with Crippen LogP contribution in [0.4, 0.5) is 55.3 Å². The number of nitriles is 1. The fourth-order valence-electron chi connectivity index (χ4n) is 18.6. The summed E-state index contributed by atoms with van der Waals surface area (Å²) in [6, 6.07) is 20.0. The van der Waals surface area contributed by atoms with Crippen molar-refractivity contribution in [1.82, 2.24) is 68.2 Å². The van der Waals surface area contributed by atoms with Crippen LogP contribution >= 0.6 is 0 Å². The molecule has 36 heteroatoms. The van der Waals surface area contributed by atoms with E-state index in [1.54, 1.807) is 61.9 Å². The van der Waals surface area contributed by atoms with Crippen LogP contribution in [0.1, 0.15) is 150 Å². The number of fused-ring (bicyclic) bond motifs is 4. The number of aromatic nitrogens is 10. The second kappa shape index (κ2) is 29.9. The molecule has 10 aromatic rings. The number of piperidine rings is 3. The van der Waals surface area contributed by atoms with E-state index in [-0.39, 0.29) is 121 Å². The molecule has 0 spiro atoms. The molecule has 116 heavy (non-hydrogen) atoms. The van der Waals surface area contributed by atoms with Gasteiger partial charge in [-0.1, -0.05) is 36.4 Å². The van der Waals surface area contributed by atoms with Gasteiger partial charge in [0.25, 0.3) is 23.7 Å². The fraction of sp³-hybridized carbons (Fsp3) is 0.425. The number of rotatable bonds is 16. The highest BCUT2D eigenvalue weighted by atomic mass is 19.4. The topological polar surface area (TPSA) is 308 Å². The summed E-state index contributed by atoms with van der Waals surface area (Å²) in [5.74, 6) is -13.4. The first-order chi connectivity index (χ1) is 55.2. The fourth-order valence-corrected chi connectivity index (χ4v) is 18.6. The van der Waals surface area contributed by atoms with Crippen molar-refractivity contribution in [3.05, 3.63) is 176 Å². The van der Waals surface area contributed by atoms with Gasteiger partial charge in [0.1, 0.15) is 52.9 Å². The molecule has 2 saturated carbocycles. The monoisotopic (exact) mass is 1610 g/mol. The Morgan fingerprint density at radius 2 is 1.32 bits per heavy atom. The summed E-state index contributed by atoms with van der Waals surface area (Å²) >= 11 is 0. The maximum atomic E-state index is 17.5. The first-order valence-corrected chi connectivity index (χ1v) is 38.1. The minimum absolute atomic E-state index is 0.0125. The number of nitrogens with one attached hydrogen (secondary N) is 4. The Balaban J connectivity index is 0.746. The smallest absolute Gasteiger partial charge is 0.433 e. The number of aliphatic hydroxyl groups excluding tert-OH is 1. The number of pyridine rings is 2. The van der Waals surface area contributed by atoms with Gasteiger partial charge in [0.15, 0.2) is 0 Å². The first kappa shape index (κ1) is 78.3. The van der Waals surface area contributed by atoms with Crippen LogP contribution in [-0.4, -0.2) is 157 Å². The first-order valence-electron chi connectivity index (χ1n) is 38.1. The minimum atomic E-state index is -4.88. The van der Waals surface area contributed by atoms with Crippen molar-refractivity contribution >= 4 is 90.4 Å². The van der Waals surface area contributed by atoms with E-state index >= 15 is 17.6 Å². The van der Waals surface area contributed by atoms with Crippen LogP contribution in [0.3, 0.4) is 0 Å². The summed E-state index contributed by atoms with van der Waals surface area (Å²) in [7, 11) is 4.27. The second-order valence-corrected chi connectivity index (χ2v) is 31.2. The Morgan fingerprint density at radius 1 is 0.664 bits per heavy atom. The molecule has 6 aliphatic rings. The van der Waals surface area contributed by atoms with Crippen LogP contribution in [0.15, 0.2) is 125 Å². The van der Waals surface area contributed by atoms with E-state index in [2.05, 4.69) is 31.2 Å². The molecule has 6 aromatic heterocycles. The molecule has 4 aromatic carbocycles. The van der Waals surface area contributed by atoms with Gasteiger partial charge in [-0.05, 0) is 166 Å². The molecule has 5 amide bonds. The molecule has 10 heterocycles. The summed E-state index contributed by atoms with van der Waals surface area (Å²) in [4.78, 5) is 104. The molecule has 606 valence electrons. The molecule has 16 rings (SSSR count). The number of carbonyl (C=O) groups excluding carboxylic acids is 5. The van der Waals surface area contributed by atoms with E-state index in [1.807, 2.05) is 6.07 Å². The van der Waals surface area contributed by atoms with Crippen molar-refractivity contribution < 1.29 is 77.7 Å². The second-order valence-electron chi connectivity index (χ2n) is 31.2. The predicted molar refractivity (Wildman–Crippen MR) is 401 cm³/mol. The lowest BCUT2D eigenvalue weighted by Gasteiger charge is -2.49. The number of ether oxygens (including phenoxy) is 1. The van der Waals surface area contributed by atoms with Crippen LogP contribution in [0, 0.1) is 35.0 Å². The van der Waals surface area contributed by atoms with Crippen molar-refractivity contribution in [2.75, 3.05) is 57.0 Å². The largest absolute Gasteiger partial charge is 0.494 e. The van der Waals surface area contributed by atoms with Crippen molar-refractivity contribution in [1.29, 1.82) is 5.26 Å². The molecule has 4 aliphatic heterocycles. The summed E-state index contributed by atoms with van der Waals surface area (Å²) < 4.78 is 167. The number of carbonyl (C=O) groups is 5. The van der Waals surface area contributed by atoms with Crippen molar-refractivity contribution in [2.45, 2.75) is 131 Å². The molecule has 5 fully saturated rings. The molecular formula is C80H77F10N17O9. The quantitative estimate of drug-likeness (QED) is 0.0443. The van der Waals surface area contributed by atoms with Crippen LogP contribution < -0.4 is 37.4 Å². The highest BCUT2D eigenvalue weighted by Crippen LogP contribution is 2.53. The number of imide groups is 1. The van der Waals surface area contributed by atoms with Gasteiger partial charge in [0.2, 0.25) is 17.7 Å². The molecule has 5 N–H and O–H groups in total. The summed E-state index contributed by atoms with van der Waals surface area (Å²) in [6.45, 7) is -0.883. The van der Waals surface area contributed by atoms with Crippen LogP contribution in [0.5, 0.6) is 5.75 Å². The molecule has 3 saturated heterocycles. The average molecular weight is 1610 g/mol. The summed E-state index contributed by atoms with van der Waals surface area (Å²) in [5.41, 5.74) is -3.07. The number of methoxy groups -OCH3 is 1. The zero-order valence-corrected chi connectivity index (χ0v) is 62.6. The third kappa shape index (κ3) is 14.7. The summed E-state index contributed by atoms with van der Waals surface area (Å²) in [6.07, 6.45) is -3.22. The minimum Gasteiger partial charge on any atom is -0.494 e. The highest BCUT2D eigenvalue weighted by Gasteiger charge is 2.51. The van der Waals surface area contributed by atoms with Gasteiger partial charge in [0, 0.05) is 75.0 Å². The average Bonchev–Trinajstić information content (AvgIpc) is 1.58. The number of hydrogen-bond donors (Lipinski definition) is 5. The third-order valence-corrected chi connectivity index (χ3v) is 24.0. The van der Waals surface area contributed by atoms with Crippen molar-refractivity contribution in [3.63, 3.8) is 0 Å². The molecule has 26 nitrogen and oxygen atoms in total. The van der Waals surface area contributed by atoms with E-state index in [0.717, 1.165) is 30.3 Å². The molecule has 10 atom stereocenters. The normalized spacial score (nSPS) is 24.3. The number of alkyl halides is 10. The van der Waals surface area contributed by atoms with E-state index in [0.29, 0.717) is 77.4 Å². The lowest BCUT2D eigenvalue weighted by Crippen LogP contribution is -2.50. The van der Waals surface area contributed by atoms with Gasteiger partial charge in [-0.2, -0.15) is 50.6 Å². The van der Waals surface area contributed by atoms with Crippen molar-refractivity contribution in [2.24, 2.45) is 37.8 Å². The van der Waals surface area contributed by atoms with Crippen LogP contribution in [0.25, 0.3) is 49.4 Å². The Kier molecular flexibility index (Phi) is 20.2. The maximum absolute atomic E-state index is 17.5. The Hall–Kier alpha value is -11.6. The highest BCUT2D eigenvalue weighted by molar-refractivity contribution is 6.06. The zero-order valence-electron chi connectivity index (χ0n) is 62.6. The maximum Gasteiger partial charge on any atom is 0.433 e. The SMILES string of the molecule is COc1cc2nn([C@H]3CC[C@H](CN4CC=C(c5ccc6c(c5)n(C)c(=O)n6C5CCC(=O)NC5=O)C(F)(F)C4)C(C4C[C@@H](CN5CCC(c6cccc7c6n(C)c(=O)n7C6CCC(O)NC6=O)C(F)(F)C5)CC[C@@H]4n4cc5cc(NC(=O)c6cccc(C(F)(F)F)n6)c(C#N)cc5n4)C3)cc2cc1NC(=O)c1cccc(C(F)(F)F)n1. The van der Waals surface area contributed by atoms with E-state index in [1.165, 1.54) is 75.9 Å². The standard InChI is InChI=1S/C80H77F10N17O9/c1-100-64-31-42(15-18-60(64)106(75(100)114)62-19-21-68(108)96-73(62)112)51-23-25-103(39-77(51,81)82)36-43-14-16-47(104-37-46-30-58(65(116-3)33-57(46)98-104)95-72(111)54-9-6-12-67(93-54)80(88,89)90)32-49(43)50-27-41(13-17-59(50)105-38-45-29-55(44(34-91)28-56(45)99-105)94-71(110)53-8-5-11-66(92-53)79(85,86)87)35-102-26-24-52(78(83,84)40-102)48-7-4-10-61-70(48)101(2)76(115)107(61)63-20-22-69(109)97-74(63)113/h4-12,15,18,23,28-31,33,37-38,41,43,47,49-50,52,59,62-63,69,109H,13-14,16-17,19-22,24-27,32,35-36,39-40H2,1-3H3,(H,94,110)(H,95,111)(H,97,113)(H,96,108,112)/t41-,43+,47-,49?,50?,52?,59-,62?,63?,69?/m0/s1. The third-order valence-electron chi connectivity index (χ3n) is 24.0. The lowest BCUT2D eigenvalue weighted by molar-refractivity contribution is -0.142. The summed E-state index contributed by atoms with van der Waals surface area (Å²) in [5, 5.41) is 41.6. The van der Waals surface area contributed by atoms with Gasteiger partial charge < -0.3 is 25.8 Å². The van der Waals surface area contributed by atoms with Gasteiger partial charge >= 0.3 is 23.7 Å². The Bertz CT molecular complexity index is 5850. The Morgan fingerprint density at radius 3 is 1.99 bits per heavy atom. The number of para-hydroxylation sites is 1. The number of anilines is 2. The van der Waals surface area contributed by atoms with Crippen LogP contribution in [0.2, 0.25) is 0 Å². The van der Waals surface area contributed by atoms with Gasteiger partial charge in [-0.25, -0.2) is 28.3 Å². The molecule has 0 bridgehead atoms. The van der Waals surface area contributed by atoms with E-state index in [9.17, 15) is 70.3 Å². The number of nitrogens with zero attached hydrogens (tertiary/aromatic N) is 13. The number of halogens is 10. The Labute approximate surface area is 652 Å².